The maximum atomic E-state index is 13.2. The number of nitrogens with zero attached hydrogens (tertiary/aromatic N) is 6. The number of tetrazole rings is 1. The van der Waals surface area contributed by atoms with Crippen LogP contribution in [0.4, 0.5) is 5.95 Å². The standard InChI is InChI=1S/C29H26Cl2N8O4S/c30-22-12-21(13-23(31)14-22)26-16-27(19-8-10-38(11-9-19)44(42,43)25-3-1-2-24(40)15-25)39(35-26)17-18-4-6-20(7-5-18)28(41)32-29-33-36-37-34-29/h1-7,12-16,19,40H,8-11,17H2,(H2,32,33,34,36,37,41). The SMILES string of the molecule is O=C(Nc1nn[nH]n1)c1ccc(Cn2nc(-c3cc(Cl)cc(Cl)c3)cc2C2CCN(S(=O)(=O)c3cccc(O)c3)CC2)cc1. The summed E-state index contributed by atoms with van der Waals surface area (Å²) in [6.45, 7) is 1.05. The van der Waals surface area contributed by atoms with E-state index < -0.39 is 10.0 Å². The molecule has 0 saturated carbocycles. The van der Waals surface area contributed by atoms with E-state index in [0.717, 1.165) is 16.8 Å². The van der Waals surface area contributed by atoms with Gasteiger partial charge in [-0.2, -0.15) is 14.6 Å². The van der Waals surface area contributed by atoms with Crippen LogP contribution in [-0.4, -0.2) is 67.2 Å². The molecule has 2 aromatic heterocycles. The number of amides is 1. The van der Waals surface area contributed by atoms with Crippen LogP contribution in [0.15, 0.2) is 77.7 Å². The Kier molecular flexibility index (Phi) is 8.36. The lowest BCUT2D eigenvalue weighted by Gasteiger charge is -2.31. The molecule has 0 unspecified atom stereocenters. The number of piperidine rings is 1. The van der Waals surface area contributed by atoms with Gasteiger partial charge in [0.1, 0.15) is 5.75 Å². The minimum atomic E-state index is -3.75. The maximum Gasteiger partial charge on any atom is 0.270 e. The monoisotopic (exact) mass is 652 g/mol. The number of halogens is 2. The van der Waals surface area contributed by atoms with Gasteiger partial charge < -0.3 is 5.11 Å². The number of aromatic hydroxyl groups is 1. The highest BCUT2D eigenvalue weighted by Gasteiger charge is 2.32. The van der Waals surface area contributed by atoms with Gasteiger partial charge in [0.2, 0.25) is 10.0 Å². The van der Waals surface area contributed by atoms with Gasteiger partial charge in [-0.25, -0.2) is 8.42 Å². The van der Waals surface area contributed by atoms with Gasteiger partial charge in [-0.05, 0) is 78.2 Å². The highest BCUT2D eigenvalue weighted by Crippen LogP contribution is 2.35. The average Bonchev–Trinajstić information content (AvgIpc) is 3.67. The number of phenolic OH excluding ortho intramolecular Hbond substituents is 1. The van der Waals surface area contributed by atoms with Crippen LogP contribution in [0.5, 0.6) is 5.75 Å². The quantitative estimate of drug-likeness (QED) is 0.212. The Morgan fingerprint density at radius 2 is 1.73 bits per heavy atom. The summed E-state index contributed by atoms with van der Waals surface area (Å²) in [5.41, 5.74) is 3.73. The van der Waals surface area contributed by atoms with E-state index >= 15 is 0 Å². The number of carbonyl (C=O) groups excluding carboxylic acids is 1. The molecule has 15 heteroatoms. The van der Waals surface area contributed by atoms with Gasteiger partial charge in [0.15, 0.2) is 0 Å². The number of benzene rings is 3. The van der Waals surface area contributed by atoms with Crippen LogP contribution < -0.4 is 5.32 Å². The van der Waals surface area contributed by atoms with E-state index in [9.17, 15) is 18.3 Å². The lowest BCUT2D eigenvalue weighted by Crippen LogP contribution is -2.38. The predicted molar refractivity (Wildman–Crippen MR) is 164 cm³/mol. The molecule has 0 radical (unpaired) electrons. The summed E-state index contributed by atoms with van der Waals surface area (Å²) in [6, 6.07) is 20.1. The fourth-order valence-corrected chi connectivity index (χ4v) is 7.27. The first-order valence-electron chi connectivity index (χ1n) is 13.6. The summed E-state index contributed by atoms with van der Waals surface area (Å²) < 4.78 is 29.8. The Hall–Kier alpha value is -4.30. The zero-order valence-corrected chi connectivity index (χ0v) is 25.4. The molecule has 1 saturated heterocycles. The Morgan fingerprint density at radius 3 is 2.39 bits per heavy atom. The molecule has 1 amide bonds. The number of H-pyrrole nitrogens is 1. The van der Waals surface area contributed by atoms with Gasteiger partial charge in [0.05, 0.1) is 17.1 Å². The van der Waals surface area contributed by atoms with Crippen molar-refractivity contribution in [3.05, 3.63) is 99.7 Å². The van der Waals surface area contributed by atoms with Crippen LogP contribution in [0.25, 0.3) is 11.3 Å². The Morgan fingerprint density at radius 1 is 1.00 bits per heavy atom. The van der Waals surface area contributed by atoms with Crippen LogP contribution in [0.2, 0.25) is 10.0 Å². The molecule has 3 aromatic carbocycles. The smallest absolute Gasteiger partial charge is 0.270 e. The summed E-state index contributed by atoms with van der Waals surface area (Å²) >= 11 is 12.6. The first-order chi connectivity index (χ1) is 21.2. The van der Waals surface area contributed by atoms with Crippen molar-refractivity contribution in [2.24, 2.45) is 0 Å². The number of sulfonamides is 1. The van der Waals surface area contributed by atoms with Crippen molar-refractivity contribution in [2.75, 3.05) is 18.4 Å². The van der Waals surface area contributed by atoms with Crippen molar-refractivity contribution in [3.63, 3.8) is 0 Å². The summed E-state index contributed by atoms with van der Waals surface area (Å²) in [6.07, 6.45) is 1.16. The van der Waals surface area contributed by atoms with E-state index in [-0.39, 0.29) is 28.4 Å². The lowest BCUT2D eigenvalue weighted by atomic mass is 9.93. The second-order valence-corrected chi connectivity index (χ2v) is 13.1. The minimum absolute atomic E-state index is 0.0292. The maximum absolute atomic E-state index is 13.2. The molecule has 0 atom stereocenters. The molecule has 1 fully saturated rings. The van der Waals surface area contributed by atoms with Gasteiger partial charge in [-0.1, -0.05) is 46.5 Å². The van der Waals surface area contributed by atoms with Crippen molar-refractivity contribution in [2.45, 2.75) is 30.2 Å². The third-order valence-corrected chi connectivity index (χ3v) is 9.75. The number of anilines is 1. The van der Waals surface area contributed by atoms with Gasteiger partial charge in [-0.15, -0.1) is 5.10 Å². The molecule has 3 heterocycles. The fourth-order valence-electron chi connectivity index (χ4n) is 5.24. The van der Waals surface area contributed by atoms with E-state index in [1.54, 1.807) is 30.3 Å². The lowest BCUT2D eigenvalue weighted by molar-refractivity contribution is 0.102. The molecule has 3 N–H and O–H groups in total. The number of rotatable bonds is 8. The summed E-state index contributed by atoms with van der Waals surface area (Å²) in [4.78, 5) is 12.6. The van der Waals surface area contributed by atoms with E-state index in [1.165, 1.54) is 28.6 Å². The second-order valence-electron chi connectivity index (χ2n) is 10.3. The second kappa shape index (κ2) is 12.4. The zero-order chi connectivity index (χ0) is 30.8. The normalized spacial score (nSPS) is 14.5. The molecule has 12 nitrogen and oxygen atoms in total. The highest BCUT2D eigenvalue weighted by atomic mass is 35.5. The van der Waals surface area contributed by atoms with Crippen LogP contribution >= 0.6 is 23.2 Å². The van der Waals surface area contributed by atoms with Crippen LogP contribution in [0, 0.1) is 0 Å². The third-order valence-electron chi connectivity index (χ3n) is 7.42. The summed E-state index contributed by atoms with van der Waals surface area (Å²) in [5, 5.41) is 31.4. The van der Waals surface area contributed by atoms with Crippen molar-refractivity contribution in [3.8, 4) is 17.0 Å². The number of phenols is 1. The molecule has 1 aliphatic rings. The molecule has 5 aromatic rings. The molecule has 0 bridgehead atoms. The number of nitrogens with one attached hydrogen (secondary N) is 2. The van der Waals surface area contributed by atoms with Crippen molar-refractivity contribution in [1.29, 1.82) is 0 Å². The van der Waals surface area contributed by atoms with Gasteiger partial charge in [0, 0.05) is 45.9 Å². The van der Waals surface area contributed by atoms with E-state index in [2.05, 4.69) is 25.9 Å². The van der Waals surface area contributed by atoms with Crippen molar-refractivity contribution >= 4 is 45.1 Å². The first-order valence-corrected chi connectivity index (χ1v) is 15.8. The Labute approximate surface area is 262 Å². The zero-order valence-electron chi connectivity index (χ0n) is 23.1. The highest BCUT2D eigenvalue weighted by molar-refractivity contribution is 7.89. The molecule has 44 heavy (non-hydrogen) atoms. The van der Waals surface area contributed by atoms with E-state index in [0.29, 0.717) is 53.8 Å². The topological polar surface area (TPSA) is 159 Å². The van der Waals surface area contributed by atoms with Crippen molar-refractivity contribution < 1.29 is 18.3 Å². The van der Waals surface area contributed by atoms with Crippen LogP contribution in [-0.2, 0) is 16.6 Å². The number of aromatic nitrogens is 6. The number of hydrogen-bond donors (Lipinski definition) is 3. The van der Waals surface area contributed by atoms with E-state index in [4.69, 9.17) is 28.3 Å². The van der Waals surface area contributed by atoms with Gasteiger partial charge >= 0.3 is 0 Å². The van der Waals surface area contributed by atoms with Crippen LogP contribution in [0.3, 0.4) is 0 Å². The average molecular weight is 654 g/mol. The Bertz CT molecular complexity index is 1890. The van der Waals surface area contributed by atoms with E-state index in [1.807, 2.05) is 22.9 Å². The summed E-state index contributed by atoms with van der Waals surface area (Å²) in [7, 11) is -3.75. The Balaban J connectivity index is 1.24. The van der Waals surface area contributed by atoms with Crippen LogP contribution in [0.1, 0.15) is 40.4 Å². The molecule has 6 rings (SSSR count). The van der Waals surface area contributed by atoms with Gasteiger partial charge in [0.25, 0.3) is 11.9 Å². The molecule has 0 aliphatic carbocycles. The molecule has 226 valence electrons. The van der Waals surface area contributed by atoms with Gasteiger partial charge in [-0.3, -0.25) is 14.8 Å². The predicted octanol–water partition coefficient (Wildman–Crippen LogP) is 4.94. The fraction of sp³-hybridized carbons (Fsp3) is 0.207. The van der Waals surface area contributed by atoms with Crippen molar-refractivity contribution in [1.82, 2.24) is 34.7 Å². The number of carbonyl (C=O) groups is 1. The third kappa shape index (κ3) is 6.45. The number of aromatic amines is 1. The molecule has 1 aliphatic heterocycles. The molecule has 0 spiro atoms. The molecular weight excluding hydrogens is 627 g/mol. The number of hydrogen-bond acceptors (Lipinski definition) is 8. The summed E-state index contributed by atoms with van der Waals surface area (Å²) in [5.74, 6) is -0.361. The largest absolute Gasteiger partial charge is 0.508 e. The molecular formula is C29H26Cl2N8O4S. The first kappa shape index (κ1) is 29.8. The minimum Gasteiger partial charge on any atom is -0.508 e.